The maximum atomic E-state index is 3.99. The molecule has 0 fully saturated rings. The Bertz CT molecular complexity index is 148. The molecule has 0 aliphatic carbocycles. The number of hydrogen-bond acceptors (Lipinski definition) is 1. The van der Waals surface area contributed by atoms with E-state index in [1.165, 1.54) is 0 Å². The van der Waals surface area contributed by atoms with Crippen LogP contribution < -0.4 is 0 Å². The third kappa shape index (κ3) is 2.49. The highest BCUT2D eigenvalue weighted by atomic mass is 79.9. The van der Waals surface area contributed by atoms with E-state index in [4.69, 9.17) is 0 Å². The van der Waals surface area contributed by atoms with E-state index in [-0.39, 0.29) is 17.0 Å². The zero-order chi connectivity index (χ0) is 5.98. The minimum atomic E-state index is 0. The van der Waals surface area contributed by atoms with Crippen molar-refractivity contribution in [2.75, 3.05) is 0 Å². The van der Waals surface area contributed by atoms with Gasteiger partial charge in [-0.1, -0.05) is 15.9 Å². The lowest BCUT2D eigenvalue weighted by atomic mass is 10.7. The molecular weight excluding hydrogens is 248 g/mol. The number of hydrogen-bond donors (Lipinski definition) is 0. The van der Waals surface area contributed by atoms with Crippen LogP contribution in [-0.4, -0.2) is 9.78 Å². The maximum absolute atomic E-state index is 3.99. The number of halogens is 2. The molecule has 0 spiro atoms. The van der Waals surface area contributed by atoms with Crippen LogP contribution in [0.2, 0.25) is 0 Å². The Kier molecular flexibility index (Phi) is 4.14. The van der Waals surface area contributed by atoms with Crippen molar-refractivity contribution in [2.45, 2.75) is 11.9 Å². The molecule has 0 aliphatic heterocycles. The van der Waals surface area contributed by atoms with Crippen LogP contribution in [0, 0.1) is 0 Å². The lowest BCUT2D eigenvalue weighted by Crippen LogP contribution is -1.96. The number of nitrogens with zero attached hydrogens (tertiary/aromatic N) is 2. The highest BCUT2D eigenvalue weighted by Crippen LogP contribution is 2.09. The van der Waals surface area contributed by atoms with Gasteiger partial charge in [0, 0.05) is 12.4 Å². The normalized spacial score (nSPS) is 12.2. The molecule has 0 radical (unpaired) electrons. The predicted molar refractivity (Wildman–Crippen MR) is 46.2 cm³/mol. The van der Waals surface area contributed by atoms with Crippen LogP contribution in [0.1, 0.15) is 11.9 Å². The number of aromatic nitrogens is 2. The second-order valence-electron chi connectivity index (χ2n) is 1.56. The van der Waals surface area contributed by atoms with E-state index in [0.717, 1.165) is 0 Å². The van der Waals surface area contributed by atoms with Gasteiger partial charge in [0.15, 0.2) is 0 Å². The Morgan fingerprint density at radius 3 is 2.56 bits per heavy atom. The van der Waals surface area contributed by atoms with Crippen LogP contribution in [0.5, 0.6) is 0 Å². The van der Waals surface area contributed by atoms with Crippen molar-refractivity contribution in [3.8, 4) is 0 Å². The average Bonchev–Trinajstić information content (AvgIpc) is 2.12. The Morgan fingerprint density at radius 1 is 1.67 bits per heavy atom. The molecule has 52 valence electrons. The highest BCUT2D eigenvalue weighted by Gasteiger charge is 1.93. The van der Waals surface area contributed by atoms with Gasteiger partial charge in [0.05, 0.1) is 0 Å². The summed E-state index contributed by atoms with van der Waals surface area (Å²) in [5.74, 6) is 0. The van der Waals surface area contributed by atoms with Crippen LogP contribution in [0.25, 0.3) is 0 Å². The van der Waals surface area contributed by atoms with Crippen molar-refractivity contribution in [1.82, 2.24) is 9.78 Å². The highest BCUT2D eigenvalue weighted by molar-refractivity contribution is 9.09. The molecule has 0 aromatic carbocycles. The van der Waals surface area contributed by atoms with Crippen molar-refractivity contribution < 1.29 is 0 Å². The third-order valence-electron chi connectivity index (χ3n) is 0.889. The van der Waals surface area contributed by atoms with Gasteiger partial charge >= 0.3 is 0 Å². The zero-order valence-electron chi connectivity index (χ0n) is 4.99. The third-order valence-corrected chi connectivity index (χ3v) is 1.31. The molecule has 1 aromatic rings. The number of rotatable bonds is 1. The van der Waals surface area contributed by atoms with E-state index in [0.29, 0.717) is 4.95 Å². The Morgan fingerprint density at radius 2 is 2.33 bits per heavy atom. The lowest BCUT2D eigenvalue weighted by Gasteiger charge is -1.99. The van der Waals surface area contributed by atoms with Gasteiger partial charge in [0.1, 0.15) is 4.95 Å². The molecule has 0 aliphatic rings. The van der Waals surface area contributed by atoms with Crippen molar-refractivity contribution in [3.63, 3.8) is 0 Å². The quantitative estimate of drug-likeness (QED) is 0.705. The molecule has 1 rings (SSSR count). The molecule has 0 saturated heterocycles. The molecular formula is C5H8Br2N2. The minimum Gasteiger partial charge on any atom is -0.259 e. The summed E-state index contributed by atoms with van der Waals surface area (Å²) in [7, 11) is 0. The van der Waals surface area contributed by atoms with E-state index in [9.17, 15) is 0 Å². The standard InChI is InChI=1S/C5H7BrN2.BrH/c1-5(6)8-4-2-3-7-8;/h2-5H,1H3;1H. The summed E-state index contributed by atoms with van der Waals surface area (Å²) in [5.41, 5.74) is 0. The van der Waals surface area contributed by atoms with Gasteiger partial charge in [-0.25, -0.2) is 0 Å². The summed E-state index contributed by atoms with van der Waals surface area (Å²) in [4.78, 5) is 0.303. The van der Waals surface area contributed by atoms with E-state index in [1.807, 2.05) is 23.9 Å². The molecule has 0 N–H and O–H groups in total. The molecule has 4 heteroatoms. The second-order valence-corrected chi connectivity index (χ2v) is 2.89. The molecule has 1 atom stereocenters. The fourth-order valence-electron chi connectivity index (χ4n) is 0.491. The first-order chi connectivity index (χ1) is 3.80. The van der Waals surface area contributed by atoms with Crippen molar-refractivity contribution in [1.29, 1.82) is 0 Å². The zero-order valence-corrected chi connectivity index (χ0v) is 8.29. The smallest absolute Gasteiger partial charge is 0.104 e. The Labute approximate surface area is 73.1 Å². The summed E-state index contributed by atoms with van der Waals surface area (Å²) in [6.07, 6.45) is 3.68. The number of alkyl halides is 1. The van der Waals surface area contributed by atoms with Gasteiger partial charge < -0.3 is 0 Å². The van der Waals surface area contributed by atoms with Crippen LogP contribution in [-0.2, 0) is 0 Å². The molecule has 1 heterocycles. The predicted octanol–water partition coefficient (Wildman–Crippen LogP) is 2.37. The fraction of sp³-hybridized carbons (Fsp3) is 0.400. The monoisotopic (exact) mass is 254 g/mol. The van der Waals surface area contributed by atoms with Gasteiger partial charge in [-0.15, -0.1) is 17.0 Å². The molecule has 0 amide bonds. The van der Waals surface area contributed by atoms with E-state index >= 15 is 0 Å². The summed E-state index contributed by atoms with van der Waals surface area (Å²) in [5, 5.41) is 3.99. The first-order valence-corrected chi connectivity index (χ1v) is 3.35. The van der Waals surface area contributed by atoms with Gasteiger partial charge in [-0.2, -0.15) is 5.10 Å². The van der Waals surface area contributed by atoms with E-state index in [2.05, 4.69) is 21.0 Å². The molecule has 0 saturated carbocycles. The topological polar surface area (TPSA) is 17.8 Å². The Hall–Kier alpha value is 0.170. The van der Waals surface area contributed by atoms with Crippen LogP contribution in [0.15, 0.2) is 18.5 Å². The summed E-state index contributed by atoms with van der Waals surface area (Å²) >= 11 is 3.36. The second kappa shape index (κ2) is 4.06. The van der Waals surface area contributed by atoms with Crippen LogP contribution in [0.4, 0.5) is 0 Å². The molecule has 2 nitrogen and oxygen atoms in total. The lowest BCUT2D eigenvalue weighted by molar-refractivity contribution is 0.653. The van der Waals surface area contributed by atoms with Gasteiger partial charge in [-0.05, 0) is 13.0 Å². The van der Waals surface area contributed by atoms with Crippen molar-refractivity contribution in [2.24, 2.45) is 0 Å². The van der Waals surface area contributed by atoms with E-state index in [1.54, 1.807) is 6.20 Å². The summed E-state index contributed by atoms with van der Waals surface area (Å²) in [6, 6.07) is 1.90. The fourth-order valence-corrected chi connectivity index (χ4v) is 0.733. The molecule has 9 heavy (non-hydrogen) atoms. The Balaban J connectivity index is 0.000000640. The molecule has 0 bridgehead atoms. The van der Waals surface area contributed by atoms with Crippen molar-refractivity contribution in [3.05, 3.63) is 18.5 Å². The van der Waals surface area contributed by atoms with Gasteiger partial charge in [-0.3, -0.25) is 4.68 Å². The first-order valence-electron chi connectivity index (χ1n) is 2.44. The SMILES string of the molecule is Br.CC(Br)n1cccn1. The van der Waals surface area contributed by atoms with Gasteiger partial charge in [0.25, 0.3) is 0 Å². The maximum Gasteiger partial charge on any atom is 0.104 e. The van der Waals surface area contributed by atoms with Gasteiger partial charge in [0.2, 0.25) is 0 Å². The average molecular weight is 256 g/mol. The summed E-state index contributed by atoms with van der Waals surface area (Å²) in [6.45, 7) is 2.02. The first kappa shape index (κ1) is 9.17. The van der Waals surface area contributed by atoms with E-state index < -0.39 is 0 Å². The van der Waals surface area contributed by atoms with Crippen LogP contribution in [0.3, 0.4) is 0 Å². The minimum absolute atomic E-state index is 0. The molecule has 1 aromatic heterocycles. The molecule has 1 unspecified atom stereocenters. The largest absolute Gasteiger partial charge is 0.259 e. The summed E-state index contributed by atoms with van der Waals surface area (Å²) < 4.78 is 1.83. The van der Waals surface area contributed by atoms with Crippen LogP contribution >= 0.6 is 32.9 Å². The van der Waals surface area contributed by atoms with Crippen molar-refractivity contribution >= 4 is 32.9 Å².